The molecule has 1 N–H and O–H groups in total. The van der Waals surface area contributed by atoms with E-state index in [4.69, 9.17) is 19.2 Å². The Labute approximate surface area is 164 Å². The molecule has 5 aliphatic rings. The Morgan fingerprint density at radius 2 is 2.11 bits per heavy atom. The molecule has 28 heavy (non-hydrogen) atoms. The van der Waals surface area contributed by atoms with E-state index in [1.165, 1.54) is 0 Å². The lowest BCUT2D eigenvalue weighted by Crippen LogP contribution is -2.70. The molecule has 2 bridgehead atoms. The summed E-state index contributed by atoms with van der Waals surface area (Å²) in [7, 11) is 0. The third kappa shape index (κ3) is 2.60. The van der Waals surface area contributed by atoms with Gasteiger partial charge in [0.25, 0.3) is 0 Å². The summed E-state index contributed by atoms with van der Waals surface area (Å²) in [6.45, 7) is 4.07. The Kier molecular flexibility index (Phi) is 4.19. The molecule has 5 heterocycles. The quantitative estimate of drug-likeness (QED) is 0.483. The Morgan fingerprint density at radius 3 is 2.89 bits per heavy atom. The molecule has 7 nitrogen and oxygen atoms in total. The highest BCUT2D eigenvalue weighted by Crippen LogP contribution is 2.60. The van der Waals surface area contributed by atoms with E-state index in [1.807, 2.05) is 6.92 Å². The van der Waals surface area contributed by atoms with Crippen LogP contribution in [0.15, 0.2) is 18.3 Å². The van der Waals surface area contributed by atoms with Crippen molar-refractivity contribution in [2.45, 2.75) is 70.1 Å². The van der Waals surface area contributed by atoms with Crippen LogP contribution in [0.5, 0.6) is 0 Å². The van der Waals surface area contributed by atoms with Gasteiger partial charge in [-0.1, -0.05) is 6.92 Å². The fraction of sp³-hybridized carbons (Fsp3) is 0.714. The van der Waals surface area contributed by atoms with Crippen LogP contribution in [-0.4, -0.2) is 34.4 Å². The van der Waals surface area contributed by atoms with E-state index in [0.717, 1.165) is 19.3 Å². The third-order valence-corrected chi connectivity index (χ3v) is 7.37. The van der Waals surface area contributed by atoms with Gasteiger partial charge in [0.1, 0.15) is 0 Å². The fourth-order valence-electron chi connectivity index (χ4n) is 5.86. The van der Waals surface area contributed by atoms with Crippen LogP contribution in [0.1, 0.15) is 62.9 Å². The van der Waals surface area contributed by atoms with Gasteiger partial charge >= 0.3 is 5.97 Å². The highest BCUT2D eigenvalue weighted by Gasteiger charge is 2.70. The molecule has 7 atom stereocenters. The smallest absolute Gasteiger partial charge is 0.311 e. The van der Waals surface area contributed by atoms with E-state index in [-0.39, 0.29) is 35.9 Å². The lowest BCUT2D eigenvalue weighted by atomic mass is 9.57. The maximum atomic E-state index is 12.9. The number of fused-ring (bicyclic) bond motifs is 2. The largest absolute Gasteiger partial charge is 0.432 e. The van der Waals surface area contributed by atoms with Crippen molar-refractivity contribution in [3.8, 4) is 0 Å². The first-order valence-corrected chi connectivity index (χ1v) is 10.3. The van der Waals surface area contributed by atoms with Crippen LogP contribution in [0.2, 0.25) is 0 Å². The molecule has 1 aliphatic carbocycles. The van der Waals surface area contributed by atoms with Crippen molar-refractivity contribution in [1.82, 2.24) is 4.98 Å². The van der Waals surface area contributed by atoms with E-state index in [1.54, 1.807) is 18.3 Å². The molecule has 0 unspecified atom stereocenters. The fourth-order valence-corrected chi connectivity index (χ4v) is 5.86. The van der Waals surface area contributed by atoms with Gasteiger partial charge < -0.3 is 14.5 Å². The van der Waals surface area contributed by atoms with Crippen LogP contribution in [0, 0.1) is 23.7 Å². The summed E-state index contributed by atoms with van der Waals surface area (Å²) in [5, 5.41) is 0. The standard InChI is InChI=1S/C21H27NO6/c1-12-5-7-15-13(6-8-17(23)16-4-3-11-22-16)18(24)25-19-21(15)14(12)9-10-20(2,26-19)27-28-21/h3-4,11-15,19,22H,5-10H2,1-2H3/t12-,13-,14+,15+,19-,20-,21-/m1/s1. The summed E-state index contributed by atoms with van der Waals surface area (Å²) < 4.78 is 11.9. The van der Waals surface area contributed by atoms with Crippen molar-refractivity contribution in [2.24, 2.45) is 23.7 Å². The SMILES string of the molecule is C[C@@H]1CC[C@H]2[C@@H](CCC(=O)c3ccc[nH]3)C(=O)O[C@@H]3O[C@@]4(C)CC[C@@H]1[C@]32OO4. The van der Waals surface area contributed by atoms with Crippen molar-refractivity contribution in [3.05, 3.63) is 24.0 Å². The summed E-state index contributed by atoms with van der Waals surface area (Å²) in [6.07, 6.45) is 5.21. The molecule has 0 aromatic carbocycles. The second kappa shape index (κ2) is 6.40. The summed E-state index contributed by atoms with van der Waals surface area (Å²) in [5.41, 5.74) is -0.206. The minimum atomic E-state index is -0.881. The van der Waals surface area contributed by atoms with Gasteiger partial charge in [-0.3, -0.25) is 9.59 Å². The predicted octanol–water partition coefficient (Wildman–Crippen LogP) is 3.37. The molecule has 1 saturated carbocycles. The summed E-state index contributed by atoms with van der Waals surface area (Å²) in [4.78, 5) is 40.1. The maximum absolute atomic E-state index is 12.9. The average molecular weight is 389 g/mol. The maximum Gasteiger partial charge on any atom is 0.311 e. The minimum Gasteiger partial charge on any atom is -0.432 e. The normalized spacial score (nSPS) is 44.5. The zero-order valence-electron chi connectivity index (χ0n) is 16.3. The summed E-state index contributed by atoms with van der Waals surface area (Å²) in [6, 6.07) is 3.55. The number of carbonyl (C=O) groups excluding carboxylic acids is 2. The number of esters is 1. The number of hydrogen-bond donors (Lipinski definition) is 1. The molecule has 1 aromatic rings. The van der Waals surface area contributed by atoms with Gasteiger partial charge in [0.05, 0.1) is 11.6 Å². The van der Waals surface area contributed by atoms with Crippen LogP contribution in [0.4, 0.5) is 0 Å². The minimum absolute atomic E-state index is 0.00338. The number of nitrogens with one attached hydrogen (secondary N) is 1. The van der Waals surface area contributed by atoms with Gasteiger partial charge in [-0.2, -0.15) is 0 Å². The molecule has 0 radical (unpaired) electrons. The number of rotatable bonds is 4. The number of ether oxygens (including phenoxy) is 2. The zero-order chi connectivity index (χ0) is 19.5. The third-order valence-electron chi connectivity index (χ3n) is 7.37. The summed E-state index contributed by atoms with van der Waals surface area (Å²) >= 11 is 0. The van der Waals surface area contributed by atoms with Crippen molar-refractivity contribution >= 4 is 11.8 Å². The van der Waals surface area contributed by atoms with Gasteiger partial charge in [-0.25, -0.2) is 9.78 Å². The topological polar surface area (TPSA) is 86.9 Å². The Balaban J connectivity index is 1.44. The highest BCUT2D eigenvalue weighted by atomic mass is 17.3. The molecule has 152 valence electrons. The predicted molar refractivity (Wildman–Crippen MR) is 96.7 cm³/mol. The Morgan fingerprint density at radius 1 is 1.25 bits per heavy atom. The molecule has 4 aliphatic heterocycles. The second-order valence-corrected chi connectivity index (χ2v) is 9.00. The number of carbonyl (C=O) groups is 2. The molecule has 0 amide bonds. The molecule has 7 heteroatoms. The average Bonchev–Trinajstić information content (AvgIpc) is 3.11. The van der Waals surface area contributed by atoms with E-state index >= 15 is 0 Å². The Bertz CT molecular complexity index is 778. The van der Waals surface area contributed by atoms with E-state index in [9.17, 15) is 9.59 Å². The van der Waals surface area contributed by atoms with Crippen molar-refractivity contribution in [2.75, 3.05) is 0 Å². The van der Waals surface area contributed by atoms with Gasteiger partial charge in [0.15, 0.2) is 11.4 Å². The highest BCUT2D eigenvalue weighted by molar-refractivity contribution is 5.94. The van der Waals surface area contributed by atoms with Gasteiger partial charge in [-0.05, 0) is 50.7 Å². The first-order valence-electron chi connectivity index (χ1n) is 10.3. The van der Waals surface area contributed by atoms with Crippen molar-refractivity contribution in [3.63, 3.8) is 0 Å². The molecular weight excluding hydrogens is 362 g/mol. The van der Waals surface area contributed by atoms with E-state index < -0.39 is 17.7 Å². The number of hydrogen-bond acceptors (Lipinski definition) is 6. The number of Topliss-reactive ketones (excluding diaryl/α,β-unsaturated/α-hetero) is 1. The number of aromatic nitrogens is 1. The summed E-state index contributed by atoms with van der Waals surface area (Å²) in [5.74, 6) is -0.982. The molecule has 6 rings (SSSR count). The second-order valence-electron chi connectivity index (χ2n) is 9.00. The molecule has 4 saturated heterocycles. The van der Waals surface area contributed by atoms with E-state index in [0.29, 0.717) is 24.5 Å². The van der Waals surface area contributed by atoms with Gasteiger partial charge in [-0.15, -0.1) is 0 Å². The number of H-pyrrole nitrogens is 1. The monoisotopic (exact) mass is 389 g/mol. The van der Waals surface area contributed by atoms with Crippen LogP contribution in [-0.2, 0) is 24.0 Å². The lowest BCUT2D eigenvalue weighted by molar-refractivity contribution is -0.559. The van der Waals surface area contributed by atoms with Crippen molar-refractivity contribution in [1.29, 1.82) is 0 Å². The van der Waals surface area contributed by atoms with Gasteiger partial charge in [0.2, 0.25) is 12.1 Å². The Hall–Kier alpha value is -1.70. The molecule has 5 fully saturated rings. The zero-order valence-corrected chi connectivity index (χ0v) is 16.3. The van der Waals surface area contributed by atoms with Crippen LogP contribution in [0.25, 0.3) is 0 Å². The van der Waals surface area contributed by atoms with E-state index in [2.05, 4.69) is 11.9 Å². The first-order chi connectivity index (χ1) is 13.4. The lowest BCUT2D eigenvalue weighted by Gasteiger charge is -2.58. The molecule has 1 aromatic heterocycles. The first kappa shape index (κ1) is 18.3. The van der Waals surface area contributed by atoms with Crippen LogP contribution < -0.4 is 0 Å². The number of aromatic amines is 1. The van der Waals surface area contributed by atoms with Crippen LogP contribution >= 0.6 is 0 Å². The van der Waals surface area contributed by atoms with Crippen molar-refractivity contribution < 1.29 is 28.8 Å². The molecular formula is C21H27NO6. The van der Waals surface area contributed by atoms with Crippen LogP contribution in [0.3, 0.4) is 0 Å². The number of ketones is 1. The van der Waals surface area contributed by atoms with Gasteiger partial charge in [0, 0.05) is 30.9 Å². The molecule has 1 spiro atoms.